The van der Waals surface area contributed by atoms with Crippen LogP contribution in [-0.2, 0) is 19.2 Å². The Morgan fingerprint density at radius 2 is 1.76 bits per heavy atom. The summed E-state index contributed by atoms with van der Waals surface area (Å²) in [4.78, 5) is 14.9. The number of nitrogens with zero attached hydrogens (tertiary/aromatic N) is 1. The van der Waals surface area contributed by atoms with Crippen molar-refractivity contribution in [2.45, 2.75) is 75.3 Å². The van der Waals surface area contributed by atoms with Crippen molar-refractivity contribution in [1.82, 2.24) is 4.90 Å². The summed E-state index contributed by atoms with van der Waals surface area (Å²) in [5, 5.41) is 0. The standard InChI is InChI=1S/C28H39NO5/c1-3-22(18-26(5-1)31-12-9-29-7-10-30-11-8-29)23-4-2-6-27(19-23)32-28(34-33-27)24-14-20-13-21(16-24)17-25(28)15-20/h1,3,5,18,20-21,23-25H,2,4,6-17,19H2/t20?,21?,23-,24?,25?,27-,28?/m1/s1. The van der Waals surface area contributed by atoms with E-state index in [1.165, 1.54) is 37.7 Å². The Bertz CT molecular complexity index is 857. The Morgan fingerprint density at radius 3 is 2.56 bits per heavy atom. The van der Waals surface area contributed by atoms with E-state index >= 15 is 0 Å². The van der Waals surface area contributed by atoms with Gasteiger partial charge in [-0.25, -0.2) is 0 Å². The van der Waals surface area contributed by atoms with Crippen molar-refractivity contribution in [1.29, 1.82) is 0 Å². The molecule has 1 aromatic rings. The molecule has 6 heteroatoms. The van der Waals surface area contributed by atoms with Crippen LogP contribution in [0.1, 0.15) is 69.3 Å². The average Bonchev–Trinajstić information content (AvgIpc) is 3.22. The molecule has 0 unspecified atom stereocenters. The molecule has 5 saturated carbocycles. The third-order valence-corrected chi connectivity index (χ3v) is 9.72. The van der Waals surface area contributed by atoms with Crippen molar-refractivity contribution >= 4 is 0 Å². The second kappa shape index (κ2) is 8.74. The highest BCUT2D eigenvalue weighted by Gasteiger charge is 2.67. The summed E-state index contributed by atoms with van der Waals surface area (Å²) in [6.45, 7) is 5.32. The molecule has 1 aromatic carbocycles. The fourth-order valence-electron chi connectivity index (χ4n) is 8.24. The molecule has 5 aliphatic carbocycles. The zero-order chi connectivity index (χ0) is 22.6. The van der Waals surface area contributed by atoms with Crippen molar-refractivity contribution in [3.63, 3.8) is 0 Å². The highest BCUT2D eigenvalue weighted by Crippen LogP contribution is 2.64. The van der Waals surface area contributed by atoms with Crippen LogP contribution in [0.4, 0.5) is 0 Å². The molecule has 34 heavy (non-hydrogen) atoms. The predicted molar refractivity (Wildman–Crippen MR) is 126 cm³/mol. The minimum atomic E-state index is -0.578. The molecular formula is C28H39NO5. The van der Waals surface area contributed by atoms with E-state index in [1.54, 1.807) is 0 Å². The Balaban J connectivity index is 1.01. The Morgan fingerprint density at radius 1 is 0.971 bits per heavy atom. The van der Waals surface area contributed by atoms with E-state index in [1.807, 2.05) is 0 Å². The van der Waals surface area contributed by atoms with Gasteiger partial charge in [-0.05, 0) is 80.4 Å². The maximum absolute atomic E-state index is 6.98. The summed E-state index contributed by atoms with van der Waals surface area (Å²) in [6.07, 6.45) is 10.6. The summed E-state index contributed by atoms with van der Waals surface area (Å²) < 4.78 is 18.6. The van der Waals surface area contributed by atoms with Gasteiger partial charge in [-0.15, -0.1) is 0 Å². The topological polar surface area (TPSA) is 49.4 Å². The van der Waals surface area contributed by atoms with E-state index in [9.17, 15) is 0 Å². The molecule has 0 amide bonds. The van der Waals surface area contributed by atoms with E-state index in [-0.39, 0.29) is 0 Å². The van der Waals surface area contributed by atoms with E-state index < -0.39 is 11.6 Å². The van der Waals surface area contributed by atoms with Gasteiger partial charge in [0.1, 0.15) is 12.4 Å². The highest BCUT2D eigenvalue weighted by molar-refractivity contribution is 5.31. The van der Waals surface area contributed by atoms with Crippen LogP contribution < -0.4 is 4.74 Å². The second-order valence-electron chi connectivity index (χ2n) is 11.9. The molecule has 2 spiro atoms. The Labute approximate surface area is 203 Å². The maximum atomic E-state index is 6.98. The molecule has 2 heterocycles. The van der Waals surface area contributed by atoms with Crippen LogP contribution in [0, 0.1) is 23.7 Å². The van der Waals surface area contributed by atoms with E-state index in [4.69, 9.17) is 24.0 Å². The Hall–Kier alpha value is -1.18. The largest absolute Gasteiger partial charge is 0.492 e. The van der Waals surface area contributed by atoms with E-state index in [0.717, 1.165) is 76.1 Å². The molecule has 0 radical (unpaired) electrons. The van der Waals surface area contributed by atoms with Gasteiger partial charge in [0.2, 0.25) is 11.6 Å². The minimum Gasteiger partial charge on any atom is -0.492 e. The zero-order valence-corrected chi connectivity index (χ0v) is 20.3. The fraction of sp³-hybridized carbons (Fsp3) is 0.786. The summed E-state index contributed by atoms with van der Waals surface area (Å²) in [5.41, 5.74) is 1.33. The molecule has 6 nitrogen and oxygen atoms in total. The Kier molecular flexibility index (Phi) is 5.67. The molecule has 186 valence electrons. The molecule has 0 aromatic heterocycles. The van der Waals surface area contributed by atoms with Gasteiger partial charge in [0, 0.05) is 44.3 Å². The number of hydrogen-bond acceptors (Lipinski definition) is 6. The monoisotopic (exact) mass is 469 g/mol. The molecule has 0 N–H and O–H groups in total. The molecule has 2 atom stereocenters. The SMILES string of the molecule is c1cc(OCCN2CCOCC2)cc([C@@H]2CCC[C@]3(C2)OOC2(O3)C3CC4CC(C3)CC2C4)c1. The van der Waals surface area contributed by atoms with Crippen molar-refractivity contribution in [3.05, 3.63) is 29.8 Å². The molecule has 2 aliphatic heterocycles. The van der Waals surface area contributed by atoms with Crippen molar-refractivity contribution < 1.29 is 24.0 Å². The smallest absolute Gasteiger partial charge is 0.210 e. The van der Waals surface area contributed by atoms with Crippen LogP contribution in [-0.4, -0.2) is 55.9 Å². The van der Waals surface area contributed by atoms with Gasteiger partial charge in [0.15, 0.2) is 0 Å². The number of ether oxygens (including phenoxy) is 3. The molecular weight excluding hydrogens is 430 g/mol. The maximum Gasteiger partial charge on any atom is 0.210 e. The van der Waals surface area contributed by atoms with Crippen molar-refractivity contribution in [2.24, 2.45) is 23.7 Å². The lowest BCUT2D eigenvalue weighted by Crippen LogP contribution is -2.59. The van der Waals surface area contributed by atoms with Gasteiger partial charge in [-0.3, -0.25) is 4.90 Å². The average molecular weight is 470 g/mol. The molecule has 7 fully saturated rings. The van der Waals surface area contributed by atoms with Gasteiger partial charge < -0.3 is 14.2 Å². The fourth-order valence-corrected chi connectivity index (χ4v) is 8.24. The highest BCUT2D eigenvalue weighted by atomic mass is 17.3. The summed E-state index contributed by atoms with van der Waals surface area (Å²) >= 11 is 0. The number of morpholine rings is 1. The number of hydrogen-bond donors (Lipinski definition) is 0. The van der Waals surface area contributed by atoms with Crippen LogP contribution in [0.15, 0.2) is 24.3 Å². The molecule has 8 rings (SSSR count). The van der Waals surface area contributed by atoms with Gasteiger partial charge in [-0.1, -0.05) is 12.1 Å². The summed E-state index contributed by atoms with van der Waals surface area (Å²) in [6, 6.07) is 8.69. The molecule has 2 saturated heterocycles. The van der Waals surface area contributed by atoms with Gasteiger partial charge >= 0.3 is 0 Å². The first kappa shape index (κ1) is 22.1. The number of benzene rings is 1. The summed E-state index contributed by atoms with van der Waals surface area (Å²) in [7, 11) is 0. The van der Waals surface area contributed by atoms with Crippen LogP contribution >= 0.6 is 0 Å². The van der Waals surface area contributed by atoms with Gasteiger partial charge in [0.25, 0.3) is 0 Å². The predicted octanol–water partition coefficient (Wildman–Crippen LogP) is 4.88. The van der Waals surface area contributed by atoms with E-state index in [0.29, 0.717) is 24.4 Å². The third-order valence-electron chi connectivity index (χ3n) is 9.72. The normalized spacial score (nSPS) is 43.7. The lowest BCUT2D eigenvalue weighted by molar-refractivity contribution is -0.390. The third kappa shape index (κ3) is 3.90. The lowest BCUT2D eigenvalue weighted by atomic mass is 9.53. The lowest BCUT2D eigenvalue weighted by Gasteiger charge is -2.57. The quantitative estimate of drug-likeness (QED) is 0.573. The van der Waals surface area contributed by atoms with Crippen LogP contribution in [0.2, 0.25) is 0 Å². The molecule has 4 bridgehead atoms. The van der Waals surface area contributed by atoms with Gasteiger partial charge in [0.05, 0.1) is 13.2 Å². The van der Waals surface area contributed by atoms with Crippen molar-refractivity contribution in [3.8, 4) is 5.75 Å². The van der Waals surface area contributed by atoms with Gasteiger partial charge in [-0.2, -0.15) is 9.78 Å². The zero-order valence-electron chi connectivity index (χ0n) is 20.3. The van der Waals surface area contributed by atoms with Crippen LogP contribution in [0.25, 0.3) is 0 Å². The molecule has 7 aliphatic rings. The van der Waals surface area contributed by atoms with Crippen molar-refractivity contribution in [2.75, 3.05) is 39.5 Å². The minimum absolute atomic E-state index is 0.409. The first-order valence-corrected chi connectivity index (χ1v) is 13.8. The first-order valence-electron chi connectivity index (χ1n) is 13.8. The van der Waals surface area contributed by atoms with E-state index in [2.05, 4.69) is 29.2 Å². The second-order valence-corrected chi connectivity index (χ2v) is 11.9. The van der Waals surface area contributed by atoms with Crippen LogP contribution in [0.3, 0.4) is 0 Å². The summed E-state index contributed by atoms with van der Waals surface area (Å²) in [5.74, 6) is 3.15. The number of rotatable bonds is 5. The van der Waals surface area contributed by atoms with Crippen LogP contribution in [0.5, 0.6) is 5.75 Å². The first-order chi connectivity index (χ1) is 16.7.